The lowest BCUT2D eigenvalue weighted by molar-refractivity contribution is -0.0878. The molecule has 0 aliphatic rings. The van der Waals surface area contributed by atoms with E-state index in [1.54, 1.807) is 0 Å². The highest BCUT2D eigenvalue weighted by Crippen LogP contribution is 2.24. The van der Waals surface area contributed by atoms with E-state index in [2.05, 4.69) is 22.5 Å². The van der Waals surface area contributed by atoms with Gasteiger partial charge in [0.25, 0.3) is 0 Å². The maximum Gasteiger partial charge on any atom is 0.415 e. The zero-order chi connectivity index (χ0) is 8.20. The van der Waals surface area contributed by atoms with Gasteiger partial charge in [-0.2, -0.15) is 13.2 Å². The molecule has 0 aromatic rings. The van der Waals surface area contributed by atoms with Crippen molar-refractivity contribution in [1.29, 1.82) is 0 Å². The summed E-state index contributed by atoms with van der Waals surface area (Å²) < 4.78 is 34.8. The highest BCUT2D eigenvalue weighted by molar-refractivity contribution is 9.09. The number of hydrogen-bond donors (Lipinski definition) is 0. The van der Waals surface area contributed by atoms with Crippen molar-refractivity contribution >= 4 is 15.9 Å². The molecule has 10 heavy (non-hydrogen) atoms. The minimum absolute atomic E-state index is 0.405. The molecule has 0 N–H and O–H groups in total. The first-order valence-electron chi connectivity index (χ1n) is 2.47. The van der Waals surface area contributed by atoms with E-state index in [9.17, 15) is 13.2 Å². The molecule has 0 atom stereocenters. The second-order valence-electron chi connectivity index (χ2n) is 1.58. The van der Waals surface area contributed by atoms with E-state index in [0.29, 0.717) is 5.33 Å². The molecule has 0 spiro atoms. The second-order valence-corrected chi connectivity index (χ2v) is 2.23. The number of rotatable bonds is 2. The third-order valence-corrected chi connectivity index (χ3v) is 1.15. The van der Waals surface area contributed by atoms with Crippen LogP contribution in [0.25, 0.3) is 0 Å². The van der Waals surface area contributed by atoms with Gasteiger partial charge in [-0.1, -0.05) is 34.7 Å². The van der Waals surface area contributed by atoms with Gasteiger partial charge in [-0.05, 0) is 0 Å². The summed E-state index contributed by atoms with van der Waals surface area (Å²) in [6.07, 6.45) is -2.01. The van der Waals surface area contributed by atoms with Crippen molar-refractivity contribution in [3.8, 4) is 0 Å². The van der Waals surface area contributed by atoms with Crippen LogP contribution in [0.4, 0.5) is 13.2 Å². The first-order valence-corrected chi connectivity index (χ1v) is 3.59. The summed E-state index contributed by atoms with van der Waals surface area (Å²) in [5, 5.41) is 0.405. The van der Waals surface area contributed by atoms with Crippen molar-refractivity contribution in [3.05, 3.63) is 24.3 Å². The first-order chi connectivity index (χ1) is 4.48. The van der Waals surface area contributed by atoms with Crippen LogP contribution in [0, 0.1) is 0 Å². The molecule has 0 unspecified atom stereocenters. The summed E-state index contributed by atoms with van der Waals surface area (Å²) in [4.78, 5) is 0. The van der Waals surface area contributed by atoms with Gasteiger partial charge in [0.2, 0.25) is 0 Å². The van der Waals surface area contributed by atoms with Crippen molar-refractivity contribution in [2.75, 3.05) is 5.33 Å². The standard InChI is InChI=1S/C6H6BrF3/c1-5(3-2-4-7)6(8,9)10/h2-3H,1,4H2/b3-2-. The Morgan fingerprint density at radius 3 is 2.30 bits per heavy atom. The third kappa shape index (κ3) is 3.71. The number of allylic oxidation sites excluding steroid dienone is 3. The number of alkyl halides is 4. The second kappa shape index (κ2) is 3.81. The van der Waals surface area contributed by atoms with E-state index >= 15 is 0 Å². The molecular formula is C6H6BrF3. The molecule has 4 heteroatoms. The summed E-state index contributed by atoms with van der Waals surface area (Å²) in [6, 6.07) is 0. The minimum Gasteiger partial charge on any atom is -0.166 e. The van der Waals surface area contributed by atoms with Crippen molar-refractivity contribution in [3.63, 3.8) is 0 Å². The Morgan fingerprint density at radius 1 is 1.50 bits per heavy atom. The topological polar surface area (TPSA) is 0 Å². The summed E-state index contributed by atoms with van der Waals surface area (Å²) in [7, 11) is 0. The van der Waals surface area contributed by atoms with Gasteiger partial charge < -0.3 is 0 Å². The molecule has 0 aliphatic heterocycles. The zero-order valence-corrected chi connectivity index (χ0v) is 6.67. The fraction of sp³-hybridized carbons (Fsp3) is 0.333. The lowest BCUT2D eigenvalue weighted by atomic mass is 10.3. The van der Waals surface area contributed by atoms with Gasteiger partial charge in [-0.25, -0.2) is 0 Å². The van der Waals surface area contributed by atoms with Crippen LogP contribution in [0.15, 0.2) is 24.3 Å². The van der Waals surface area contributed by atoms with Crippen molar-refractivity contribution in [2.24, 2.45) is 0 Å². The van der Waals surface area contributed by atoms with Gasteiger partial charge in [0.1, 0.15) is 0 Å². The average Bonchev–Trinajstić information content (AvgIpc) is 1.80. The van der Waals surface area contributed by atoms with E-state index in [1.165, 1.54) is 6.08 Å². The van der Waals surface area contributed by atoms with Crippen LogP contribution in [0.3, 0.4) is 0 Å². The lowest BCUT2D eigenvalue weighted by Gasteiger charge is -2.03. The number of hydrogen-bond acceptors (Lipinski definition) is 0. The van der Waals surface area contributed by atoms with Crippen LogP contribution in [0.2, 0.25) is 0 Å². The van der Waals surface area contributed by atoms with Crippen LogP contribution in [-0.2, 0) is 0 Å². The molecule has 0 fully saturated rings. The summed E-state index contributed by atoms with van der Waals surface area (Å²) in [6.45, 7) is 2.83. The highest BCUT2D eigenvalue weighted by Gasteiger charge is 2.29. The predicted molar refractivity (Wildman–Crippen MR) is 38.1 cm³/mol. The van der Waals surface area contributed by atoms with Gasteiger partial charge in [-0.3, -0.25) is 0 Å². The van der Waals surface area contributed by atoms with Crippen LogP contribution >= 0.6 is 15.9 Å². The Bertz CT molecular complexity index is 146. The van der Waals surface area contributed by atoms with Crippen LogP contribution in [-0.4, -0.2) is 11.5 Å². The van der Waals surface area contributed by atoms with Crippen molar-refractivity contribution in [1.82, 2.24) is 0 Å². The Labute approximate surface area is 65.5 Å². The fourth-order valence-corrected chi connectivity index (χ4v) is 0.468. The molecule has 0 saturated heterocycles. The molecule has 0 saturated carbocycles. The molecule has 0 radical (unpaired) electrons. The Morgan fingerprint density at radius 2 is 2.00 bits per heavy atom. The minimum atomic E-state index is -4.29. The quantitative estimate of drug-likeness (QED) is 0.490. The molecule has 0 aromatic carbocycles. The fourth-order valence-electron chi connectivity index (χ4n) is 0.281. The molecule has 0 bridgehead atoms. The normalized spacial score (nSPS) is 12.4. The average molecular weight is 215 g/mol. The monoisotopic (exact) mass is 214 g/mol. The van der Waals surface area contributed by atoms with E-state index in [-0.39, 0.29) is 0 Å². The highest BCUT2D eigenvalue weighted by atomic mass is 79.9. The summed E-state index contributed by atoms with van der Waals surface area (Å²) >= 11 is 2.95. The maximum atomic E-state index is 11.6. The lowest BCUT2D eigenvalue weighted by Crippen LogP contribution is -2.08. The predicted octanol–water partition coefficient (Wildman–Crippen LogP) is 3.06. The molecule has 58 valence electrons. The molecular weight excluding hydrogens is 209 g/mol. The largest absolute Gasteiger partial charge is 0.415 e. The first kappa shape index (κ1) is 9.75. The summed E-state index contributed by atoms with van der Waals surface area (Å²) in [5.41, 5.74) is -0.827. The molecule has 0 nitrogen and oxygen atoms in total. The number of halogens is 4. The maximum absolute atomic E-state index is 11.6. The Hall–Kier alpha value is -0.250. The molecule has 0 amide bonds. The van der Waals surface area contributed by atoms with Gasteiger partial charge in [-0.15, -0.1) is 0 Å². The SMILES string of the molecule is C=C(/C=C\CBr)C(F)(F)F. The van der Waals surface area contributed by atoms with Crippen LogP contribution in [0.1, 0.15) is 0 Å². The Kier molecular flexibility index (Phi) is 3.71. The van der Waals surface area contributed by atoms with Gasteiger partial charge in [0.15, 0.2) is 0 Å². The molecule has 0 rings (SSSR count). The van der Waals surface area contributed by atoms with Gasteiger partial charge >= 0.3 is 6.18 Å². The van der Waals surface area contributed by atoms with Crippen molar-refractivity contribution < 1.29 is 13.2 Å². The molecule has 0 aromatic heterocycles. The van der Waals surface area contributed by atoms with E-state index < -0.39 is 11.7 Å². The van der Waals surface area contributed by atoms with Crippen molar-refractivity contribution in [2.45, 2.75) is 6.18 Å². The van der Waals surface area contributed by atoms with E-state index in [1.807, 2.05) is 0 Å². The van der Waals surface area contributed by atoms with Gasteiger partial charge in [0.05, 0.1) is 0 Å². The van der Waals surface area contributed by atoms with Crippen LogP contribution in [0.5, 0.6) is 0 Å². The Balaban J connectivity index is 3.98. The van der Waals surface area contributed by atoms with E-state index in [4.69, 9.17) is 0 Å². The van der Waals surface area contributed by atoms with Crippen LogP contribution < -0.4 is 0 Å². The third-order valence-electron chi connectivity index (χ3n) is 0.772. The van der Waals surface area contributed by atoms with Gasteiger partial charge in [0, 0.05) is 10.9 Å². The molecule has 0 aliphatic carbocycles. The zero-order valence-electron chi connectivity index (χ0n) is 5.08. The smallest absolute Gasteiger partial charge is 0.166 e. The summed E-state index contributed by atoms with van der Waals surface area (Å²) in [5.74, 6) is 0. The molecule has 0 heterocycles. The van der Waals surface area contributed by atoms with E-state index in [0.717, 1.165) is 6.08 Å².